The lowest BCUT2D eigenvalue weighted by Gasteiger charge is -2.11. The molecule has 0 aromatic heterocycles. The van der Waals surface area contributed by atoms with Crippen molar-refractivity contribution < 1.29 is 20.1 Å². The standard InChI is InChI=1S/C11H8O4/c12-8-2-1-6-4-9(11(14)15)10(13)5-7(6)3-8/h1-5,12-13H,(H,14,15)/p-1. The minimum Gasteiger partial charge on any atom is -0.872 e. The summed E-state index contributed by atoms with van der Waals surface area (Å²) in [5.74, 6) is -1.75. The van der Waals surface area contributed by atoms with Crippen LogP contribution in [0.15, 0.2) is 30.3 Å². The minimum atomic E-state index is -1.24. The molecule has 0 spiro atoms. The Morgan fingerprint density at radius 3 is 2.53 bits per heavy atom. The maximum Gasteiger partial charge on any atom is 0.335 e. The van der Waals surface area contributed by atoms with Gasteiger partial charge in [-0.3, -0.25) is 0 Å². The first-order valence-corrected chi connectivity index (χ1v) is 4.25. The van der Waals surface area contributed by atoms with Crippen molar-refractivity contribution in [1.82, 2.24) is 0 Å². The summed E-state index contributed by atoms with van der Waals surface area (Å²) in [4.78, 5) is 10.7. The molecule has 15 heavy (non-hydrogen) atoms. The molecule has 0 radical (unpaired) electrons. The Kier molecular flexibility index (Phi) is 1.97. The number of benzene rings is 2. The predicted octanol–water partition coefficient (Wildman–Crippen LogP) is 1.32. The van der Waals surface area contributed by atoms with E-state index in [9.17, 15) is 15.0 Å². The van der Waals surface area contributed by atoms with Gasteiger partial charge < -0.3 is 15.3 Å². The van der Waals surface area contributed by atoms with Gasteiger partial charge in [-0.1, -0.05) is 17.9 Å². The summed E-state index contributed by atoms with van der Waals surface area (Å²) in [7, 11) is 0. The largest absolute Gasteiger partial charge is 0.872 e. The van der Waals surface area contributed by atoms with E-state index in [1.165, 1.54) is 24.3 Å². The topological polar surface area (TPSA) is 80.6 Å². The van der Waals surface area contributed by atoms with Gasteiger partial charge in [-0.05, 0) is 29.0 Å². The van der Waals surface area contributed by atoms with Gasteiger partial charge in [0.05, 0.1) is 5.56 Å². The van der Waals surface area contributed by atoms with Gasteiger partial charge >= 0.3 is 5.97 Å². The maximum atomic E-state index is 11.3. The lowest BCUT2D eigenvalue weighted by atomic mass is 10.1. The second-order valence-corrected chi connectivity index (χ2v) is 3.18. The van der Waals surface area contributed by atoms with Crippen LogP contribution in [0.25, 0.3) is 10.8 Å². The second-order valence-electron chi connectivity index (χ2n) is 3.18. The van der Waals surface area contributed by atoms with Crippen molar-refractivity contribution in [3.8, 4) is 11.5 Å². The Balaban J connectivity index is 2.76. The Bertz CT molecular complexity index is 546. The van der Waals surface area contributed by atoms with Crippen molar-refractivity contribution >= 4 is 16.7 Å². The van der Waals surface area contributed by atoms with Crippen LogP contribution in [0.3, 0.4) is 0 Å². The van der Waals surface area contributed by atoms with E-state index < -0.39 is 11.7 Å². The van der Waals surface area contributed by atoms with E-state index in [-0.39, 0.29) is 11.3 Å². The van der Waals surface area contributed by atoms with Crippen molar-refractivity contribution in [2.24, 2.45) is 0 Å². The van der Waals surface area contributed by atoms with Crippen molar-refractivity contribution in [2.45, 2.75) is 0 Å². The van der Waals surface area contributed by atoms with Crippen molar-refractivity contribution in [3.05, 3.63) is 35.9 Å². The van der Waals surface area contributed by atoms with Crippen LogP contribution >= 0.6 is 0 Å². The third-order valence-corrected chi connectivity index (χ3v) is 2.15. The van der Waals surface area contributed by atoms with Crippen LogP contribution in [0, 0.1) is 0 Å². The fraction of sp³-hybridized carbons (Fsp3) is 0. The van der Waals surface area contributed by atoms with Gasteiger partial charge in [0.1, 0.15) is 5.75 Å². The van der Waals surface area contributed by atoms with E-state index in [1.54, 1.807) is 6.07 Å². The van der Waals surface area contributed by atoms with Gasteiger partial charge in [-0.25, -0.2) is 4.79 Å². The van der Waals surface area contributed by atoms with Gasteiger partial charge in [0, 0.05) is 0 Å². The van der Waals surface area contributed by atoms with E-state index in [0.29, 0.717) is 10.8 Å². The number of fused-ring (bicyclic) bond motifs is 1. The van der Waals surface area contributed by atoms with Crippen LogP contribution in [0.5, 0.6) is 11.5 Å². The lowest BCUT2D eigenvalue weighted by Crippen LogP contribution is -2.03. The quantitative estimate of drug-likeness (QED) is 0.732. The minimum absolute atomic E-state index is 0.0463. The summed E-state index contributed by atoms with van der Waals surface area (Å²) >= 11 is 0. The van der Waals surface area contributed by atoms with Crippen molar-refractivity contribution in [2.75, 3.05) is 0 Å². The molecule has 2 aromatic rings. The van der Waals surface area contributed by atoms with E-state index in [4.69, 9.17) is 5.11 Å². The van der Waals surface area contributed by atoms with Crippen LogP contribution in [0.4, 0.5) is 0 Å². The normalized spacial score (nSPS) is 10.4. The fourth-order valence-corrected chi connectivity index (χ4v) is 1.43. The molecule has 2 aromatic carbocycles. The van der Waals surface area contributed by atoms with Crippen molar-refractivity contribution in [3.63, 3.8) is 0 Å². The van der Waals surface area contributed by atoms with E-state index in [1.807, 2.05) is 0 Å². The molecule has 4 nitrogen and oxygen atoms in total. The molecule has 2 N–H and O–H groups in total. The smallest absolute Gasteiger partial charge is 0.335 e. The van der Waals surface area contributed by atoms with Crippen LogP contribution < -0.4 is 5.11 Å². The molecule has 0 aliphatic heterocycles. The average molecular weight is 203 g/mol. The zero-order valence-electron chi connectivity index (χ0n) is 7.60. The summed E-state index contributed by atoms with van der Waals surface area (Å²) < 4.78 is 0. The maximum absolute atomic E-state index is 11.3. The number of aromatic carboxylic acids is 1. The highest BCUT2D eigenvalue weighted by Gasteiger charge is 2.05. The Morgan fingerprint density at radius 2 is 1.87 bits per heavy atom. The van der Waals surface area contributed by atoms with E-state index in [2.05, 4.69) is 0 Å². The van der Waals surface area contributed by atoms with E-state index in [0.717, 1.165) is 0 Å². The summed E-state index contributed by atoms with van der Waals surface area (Å²) in [5.41, 5.74) is -0.256. The molecule has 0 aliphatic rings. The average Bonchev–Trinajstić information content (AvgIpc) is 2.15. The summed E-state index contributed by atoms with van der Waals surface area (Å²) in [5, 5.41) is 30.4. The number of hydrogen-bond acceptors (Lipinski definition) is 3. The highest BCUT2D eigenvalue weighted by atomic mass is 16.4. The Labute approximate surface area is 85.0 Å². The summed E-state index contributed by atoms with van der Waals surface area (Å²) in [6, 6.07) is 6.94. The van der Waals surface area contributed by atoms with Crippen LogP contribution in [-0.2, 0) is 0 Å². The third-order valence-electron chi connectivity index (χ3n) is 2.15. The number of carboxylic acids is 1. The van der Waals surface area contributed by atoms with Crippen LogP contribution in [0.2, 0.25) is 0 Å². The number of rotatable bonds is 1. The first-order chi connectivity index (χ1) is 7.08. The number of phenolic OH excluding ortho intramolecular Hbond substituents is 1. The molecule has 76 valence electrons. The SMILES string of the molecule is O=C(O)c1cc2ccc(O)cc2cc1[O-]. The molecular weight excluding hydrogens is 196 g/mol. The van der Waals surface area contributed by atoms with Gasteiger partial charge in [0.2, 0.25) is 0 Å². The molecule has 0 amide bonds. The lowest BCUT2D eigenvalue weighted by molar-refractivity contribution is -0.268. The van der Waals surface area contributed by atoms with E-state index >= 15 is 0 Å². The zero-order chi connectivity index (χ0) is 11.0. The molecule has 0 saturated heterocycles. The first-order valence-electron chi connectivity index (χ1n) is 4.25. The molecular formula is C11H7O4-. The Hall–Kier alpha value is -2.23. The van der Waals surface area contributed by atoms with Crippen LogP contribution in [0.1, 0.15) is 10.4 Å². The second kappa shape index (κ2) is 3.16. The molecule has 0 atom stereocenters. The number of carboxylic acid groups (broad SMARTS) is 1. The highest BCUT2D eigenvalue weighted by molar-refractivity contribution is 5.97. The summed E-state index contributed by atoms with van der Waals surface area (Å²) in [6.45, 7) is 0. The molecule has 0 unspecified atom stereocenters. The fourth-order valence-electron chi connectivity index (χ4n) is 1.43. The molecule has 0 aliphatic carbocycles. The molecule has 0 heterocycles. The van der Waals surface area contributed by atoms with Gasteiger partial charge in [-0.2, -0.15) is 0 Å². The zero-order valence-corrected chi connectivity index (χ0v) is 7.60. The van der Waals surface area contributed by atoms with Gasteiger partial charge in [-0.15, -0.1) is 0 Å². The molecule has 2 rings (SSSR count). The molecule has 0 bridgehead atoms. The van der Waals surface area contributed by atoms with Crippen LogP contribution in [-0.4, -0.2) is 16.2 Å². The van der Waals surface area contributed by atoms with Gasteiger partial charge in [0.15, 0.2) is 0 Å². The number of aromatic hydroxyl groups is 1. The third kappa shape index (κ3) is 1.57. The highest BCUT2D eigenvalue weighted by Crippen LogP contribution is 2.25. The number of phenols is 1. The predicted molar refractivity (Wildman–Crippen MR) is 52.0 cm³/mol. The Morgan fingerprint density at radius 1 is 1.13 bits per heavy atom. The van der Waals surface area contributed by atoms with Gasteiger partial charge in [0.25, 0.3) is 0 Å². The molecule has 0 fully saturated rings. The summed E-state index contributed by atoms with van der Waals surface area (Å²) in [6.07, 6.45) is 0. The molecule has 4 heteroatoms. The molecule has 0 saturated carbocycles. The monoisotopic (exact) mass is 203 g/mol. The van der Waals surface area contributed by atoms with Crippen molar-refractivity contribution in [1.29, 1.82) is 0 Å². The first kappa shape index (κ1) is 9.33. The number of carbonyl (C=O) groups is 1. The number of hydrogen-bond donors (Lipinski definition) is 2.